The first kappa shape index (κ1) is 23.6. The zero-order valence-electron chi connectivity index (χ0n) is 18.3. The van der Waals surface area contributed by atoms with Crippen LogP contribution in [0.15, 0.2) is 65.6 Å². The normalized spacial score (nSPS) is 12.2. The molecule has 6 nitrogen and oxygen atoms in total. The zero-order valence-corrected chi connectivity index (χ0v) is 19.8. The summed E-state index contributed by atoms with van der Waals surface area (Å²) in [5.41, 5.74) is 3.53. The van der Waals surface area contributed by atoms with Crippen molar-refractivity contribution in [2.45, 2.75) is 38.7 Å². The predicted octanol–water partition coefficient (Wildman–Crippen LogP) is 5.47. The van der Waals surface area contributed by atoms with Crippen molar-refractivity contribution in [3.05, 3.63) is 82.4 Å². The lowest BCUT2D eigenvalue weighted by atomic mass is 10.1. The molecule has 0 fully saturated rings. The summed E-state index contributed by atoms with van der Waals surface area (Å²) in [6.45, 7) is 7.21. The number of ether oxygens (including phenoxy) is 1. The van der Waals surface area contributed by atoms with Crippen LogP contribution in [0.25, 0.3) is 0 Å². The third-order valence-corrected chi connectivity index (χ3v) is 6.89. The minimum Gasteiger partial charge on any atom is -0.481 e. The van der Waals surface area contributed by atoms with E-state index in [4.69, 9.17) is 16.3 Å². The van der Waals surface area contributed by atoms with E-state index in [2.05, 4.69) is 10.0 Å². The minimum atomic E-state index is -3.75. The Labute approximate surface area is 193 Å². The lowest BCUT2D eigenvalue weighted by Crippen LogP contribution is -2.30. The van der Waals surface area contributed by atoms with Gasteiger partial charge < -0.3 is 10.1 Å². The summed E-state index contributed by atoms with van der Waals surface area (Å²) in [6.07, 6.45) is -0.763. The van der Waals surface area contributed by atoms with Crippen molar-refractivity contribution >= 4 is 38.9 Å². The van der Waals surface area contributed by atoms with Gasteiger partial charge in [0, 0.05) is 10.7 Å². The van der Waals surface area contributed by atoms with E-state index in [1.165, 1.54) is 24.3 Å². The first-order chi connectivity index (χ1) is 15.1. The van der Waals surface area contributed by atoms with E-state index in [1.54, 1.807) is 31.2 Å². The number of para-hydroxylation sites is 1. The van der Waals surface area contributed by atoms with Crippen molar-refractivity contribution in [1.82, 2.24) is 0 Å². The van der Waals surface area contributed by atoms with Crippen LogP contribution in [0.4, 0.5) is 11.4 Å². The maximum atomic E-state index is 12.6. The number of hydrogen-bond acceptors (Lipinski definition) is 4. The summed E-state index contributed by atoms with van der Waals surface area (Å²) in [6, 6.07) is 16.6. The van der Waals surface area contributed by atoms with Crippen molar-refractivity contribution in [3.8, 4) is 5.75 Å². The molecule has 0 aliphatic rings. The topological polar surface area (TPSA) is 84.5 Å². The lowest BCUT2D eigenvalue weighted by Gasteiger charge is -2.16. The second-order valence-corrected chi connectivity index (χ2v) is 9.63. The Balaban J connectivity index is 1.66. The summed E-state index contributed by atoms with van der Waals surface area (Å²) in [5.74, 6) is 0.194. The number of rotatable bonds is 7. The summed E-state index contributed by atoms with van der Waals surface area (Å²) < 4.78 is 33.6. The molecule has 0 aromatic heterocycles. The molecular weight excluding hydrogens is 448 g/mol. The lowest BCUT2D eigenvalue weighted by molar-refractivity contribution is -0.122. The molecule has 0 saturated carbocycles. The van der Waals surface area contributed by atoms with Crippen molar-refractivity contribution in [2.75, 3.05) is 10.0 Å². The molecule has 8 heteroatoms. The van der Waals surface area contributed by atoms with Gasteiger partial charge in [-0.2, -0.15) is 0 Å². The molecular formula is C24H25ClN2O4S. The maximum Gasteiger partial charge on any atom is 0.265 e. The summed E-state index contributed by atoms with van der Waals surface area (Å²) >= 11 is 6.17. The van der Waals surface area contributed by atoms with E-state index < -0.39 is 16.1 Å². The molecule has 168 valence electrons. The quantitative estimate of drug-likeness (QED) is 0.477. The molecule has 32 heavy (non-hydrogen) atoms. The van der Waals surface area contributed by atoms with E-state index in [9.17, 15) is 13.2 Å². The van der Waals surface area contributed by atoms with Crippen LogP contribution in [0.5, 0.6) is 5.75 Å². The fourth-order valence-corrected chi connectivity index (χ4v) is 4.32. The highest BCUT2D eigenvalue weighted by Gasteiger charge is 2.18. The van der Waals surface area contributed by atoms with Crippen molar-refractivity contribution in [1.29, 1.82) is 0 Å². The van der Waals surface area contributed by atoms with Crippen LogP contribution >= 0.6 is 11.6 Å². The number of aryl methyl sites for hydroxylation is 3. The number of hydrogen-bond donors (Lipinski definition) is 2. The predicted molar refractivity (Wildman–Crippen MR) is 128 cm³/mol. The average molecular weight is 473 g/mol. The van der Waals surface area contributed by atoms with Gasteiger partial charge >= 0.3 is 0 Å². The summed E-state index contributed by atoms with van der Waals surface area (Å²) in [7, 11) is -3.75. The molecule has 0 radical (unpaired) electrons. The van der Waals surface area contributed by atoms with Gasteiger partial charge in [0.15, 0.2) is 6.10 Å². The summed E-state index contributed by atoms with van der Waals surface area (Å²) in [5, 5.41) is 3.40. The van der Waals surface area contributed by atoms with Crippen molar-refractivity contribution in [3.63, 3.8) is 0 Å². The first-order valence-corrected chi connectivity index (χ1v) is 11.9. The Morgan fingerprint density at radius 3 is 2.12 bits per heavy atom. The molecule has 1 amide bonds. The fraction of sp³-hybridized carbons (Fsp3) is 0.208. The van der Waals surface area contributed by atoms with Crippen LogP contribution in [0, 0.1) is 20.8 Å². The number of halogens is 1. The van der Waals surface area contributed by atoms with E-state index in [0.717, 1.165) is 16.7 Å². The molecule has 0 heterocycles. The Bertz CT molecular complexity index is 1220. The molecule has 0 aliphatic carbocycles. The Morgan fingerprint density at radius 2 is 1.53 bits per heavy atom. The van der Waals surface area contributed by atoms with E-state index in [0.29, 0.717) is 22.1 Å². The summed E-state index contributed by atoms with van der Waals surface area (Å²) in [4.78, 5) is 12.6. The number of benzene rings is 3. The highest BCUT2D eigenvalue weighted by atomic mass is 35.5. The van der Waals surface area contributed by atoms with Gasteiger partial charge in [0.1, 0.15) is 5.75 Å². The molecule has 3 rings (SSSR count). The Morgan fingerprint density at radius 1 is 0.938 bits per heavy atom. The van der Waals surface area contributed by atoms with Crippen LogP contribution in [-0.4, -0.2) is 20.4 Å². The van der Waals surface area contributed by atoms with Crippen molar-refractivity contribution < 1.29 is 17.9 Å². The van der Waals surface area contributed by atoms with E-state index in [1.807, 2.05) is 32.9 Å². The van der Waals surface area contributed by atoms with Gasteiger partial charge in [0.25, 0.3) is 15.9 Å². The Hall–Kier alpha value is -3.03. The number of nitrogens with one attached hydrogen (secondary N) is 2. The van der Waals surface area contributed by atoms with Gasteiger partial charge in [-0.05, 0) is 86.8 Å². The minimum absolute atomic E-state index is 0.0927. The molecule has 3 aromatic rings. The second kappa shape index (κ2) is 9.63. The molecule has 3 aromatic carbocycles. The number of sulfonamides is 1. The van der Waals surface area contributed by atoms with Gasteiger partial charge in [0.2, 0.25) is 0 Å². The van der Waals surface area contributed by atoms with Crippen LogP contribution in [-0.2, 0) is 14.8 Å². The van der Waals surface area contributed by atoms with Crippen molar-refractivity contribution in [2.24, 2.45) is 0 Å². The molecule has 1 atom stereocenters. The average Bonchev–Trinajstić information content (AvgIpc) is 2.74. The largest absolute Gasteiger partial charge is 0.481 e. The molecule has 0 unspecified atom stereocenters. The number of amides is 1. The molecule has 0 saturated heterocycles. The molecule has 0 spiro atoms. The zero-order chi connectivity index (χ0) is 23.5. The molecule has 0 aliphatic heterocycles. The number of carbonyl (C=O) groups is 1. The third-order valence-electron chi connectivity index (χ3n) is 4.91. The van der Waals surface area contributed by atoms with Gasteiger partial charge in [0.05, 0.1) is 10.6 Å². The van der Waals surface area contributed by atoms with Gasteiger partial charge in [-0.3, -0.25) is 9.52 Å². The highest BCUT2D eigenvalue weighted by molar-refractivity contribution is 7.92. The van der Waals surface area contributed by atoms with E-state index >= 15 is 0 Å². The standard InChI is InChI=1S/C24H25ClN2O4S/c1-15-7-5-6-8-22(15)27-32(29,30)21-11-9-19(10-12-21)26-24(28)18(4)31-20-13-16(2)23(25)17(3)14-20/h5-14,18,27H,1-4H3,(H,26,28)/t18-/m0/s1. The monoisotopic (exact) mass is 472 g/mol. The molecule has 0 bridgehead atoms. The van der Waals surface area contributed by atoms with Crippen LogP contribution in [0.1, 0.15) is 23.6 Å². The molecule has 2 N–H and O–H groups in total. The number of anilines is 2. The number of carbonyl (C=O) groups excluding carboxylic acids is 1. The Kier molecular flexibility index (Phi) is 7.11. The van der Waals surface area contributed by atoms with Crippen LogP contribution in [0.2, 0.25) is 5.02 Å². The first-order valence-electron chi connectivity index (χ1n) is 9.99. The maximum absolute atomic E-state index is 12.6. The van der Waals surface area contributed by atoms with E-state index in [-0.39, 0.29) is 10.8 Å². The fourth-order valence-electron chi connectivity index (χ4n) is 3.08. The SMILES string of the molecule is Cc1ccccc1NS(=O)(=O)c1ccc(NC(=O)[C@H](C)Oc2cc(C)c(Cl)c(C)c2)cc1. The van der Waals surface area contributed by atoms with Crippen LogP contribution in [0.3, 0.4) is 0 Å². The smallest absolute Gasteiger partial charge is 0.265 e. The highest BCUT2D eigenvalue weighted by Crippen LogP contribution is 2.27. The third kappa shape index (κ3) is 5.60. The van der Waals surface area contributed by atoms with Gasteiger partial charge in [-0.25, -0.2) is 8.42 Å². The second-order valence-electron chi connectivity index (χ2n) is 7.57. The van der Waals surface area contributed by atoms with Crippen LogP contribution < -0.4 is 14.8 Å². The van der Waals surface area contributed by atoms with Gasteiger partial charge in [-0.15, -0.1) is 0 Å². The van der Waals surface area contributed by atoms with Gasteiger partial charge in [-0.1, -0.05) is 29.8 Å².